The Bertz CT molecular complexity index is 293. The number of piperidine rings is 1. The highest BCUT2D eigenvalue weighted by molar-refractivity contribution is 4.95. The van der Waals surface area contributed by atoms with E-state index in [2.05, 4.69) is 52.0 Å². The molecule has 1 fully saturated rings. The van der Waals surface area contributed by atoms with E-state index in [0.29, 0.717) is 6.04 Å². The topological polar surface area (TPSA) is 15.3 Å². The molecule has 1 rings (SSSR count). The quantitative estimate of drug-likeness (QED) is 0.439. The third-order valence-corrected chi connectivity index (χ3v) is 5.64. The number of hydrazine groups is 1. The molecule has 1 unspecified atom stereocenters. The molecule has 1 heterocycles. The van der Waals surface area contributed by atoms with E-state index in [1.165, 1.54) is 77.0 Å². The van der Waals surface area contributed by atoms with E-state index in [-0.39, 0.29) is 11.1 Å². The van der Waals surface area contributed by atoms with Gasteiger partial charge in [-0.2, -0.15) is 0 Å². The van der Waals surface area contributed by atoms with Crippen LogP contribution < -0.4 is 5.43 Å². The molecule has 0 bridgehead atoms. The van der Waals surface area contributed by atoms with Gasteiger partial charge in [0.05, 0.1) is 0 Å². The molecule has 23 heavy (non-hydrogen) atoms. The van der Waals surface area contributed by atoms with E-state index in [9.17, 15) is 0 Å². The molecule has 1 aliphatic heterocycles. The van der Waals surface area contributed by atoms with Crippen molar-refractivity contribution in [3.8, 4) is 0 Å². The van der Waals surface area contributed by atoms with Gasteiger partial charge in [-0.15, -0.1) is 0 Å². The Labute approximate surface area is 146 Å². The Hall–Kier alpha value is -0.0800. The number of rotatable bonds is 11. The first kappa shape index (κ1) is 21.0. The van der Waals surface area contributed by atoms with Gasteiger partial charge in [-0.05, 0) is 59.8 Å². The number of hydrogen-bond acceptors (Lipinski definition) is 2. The van der Waals surface area contributed by atoms with Crippen LogP contribution in [0.5, 0.6) is 0 Å². The van der Waals surface area contributed by atoms with E-state index in [4.69, 9.17) is 0 Å². The molecule has 0 aliphatic carbocycles. The van der Waals surface area contributed by atoms with E-state index >= 15 is 0 Å². The van der Waals surface area contributed by atoms with Crippen LogP contribution in [0.15, 0.2) is 0 Å². The molecule has 2 nitrogen and oxygen atoms in total. The maximum absolute atomic E-state index is 3.97. The molecule has 0 radical (unpaired) electrons. The van der Waals surface area contributed by atoms with Crippen molar-refractivity contribution in [3.05, 3.63) is 0 Å². The summed E-state index contributed by atoms with van der Waals surface area (Å²) in [5.41, 5.74) is 4.52. The van der Waals surface area contributed by atoms with Gasteiger partial charge in [0.2, 0.25) is 0 Å². The molecule has 138 valence electrons. The molecule has 1 N–H and O–H groups in total. The Morgan fingerprint density at radius 1 is 0.783 bits per heavy atom. The van der Waals surface area contributed by atoms with Gasteiger partial charge < -0.3 is 0 Å². The molecule has 1 saturated heterocycles. The van der Waals surface area contributed by atoms with Gasteiger partial charge >= 0.3 is 0 Å². The summed E-state index contributed by atoms with van der Waals surface area (Å²) >= 11 is 0. The van der Waals surface area contributed by atoms with Crippen LogP contribution in [0.3, 0.4) is 0 Å². The largest absolute Gasteiger partial charge is 0.251 e. The van der Waals surface area contributed by atoms with E-state index in [1.807, 2.05) is 0 Å². The molecule has 1 atom stereocenters. The molecule has 0 amide bonds. The lowest BCUT2D eigenvalue weighted by atomic mass is 9.81. The minimum absolute atomic E-state index is 0.273. The van der Waals surface area contributed by atoms with E-state index in [0.717, 1.165) is 0 Å². The van der Waals surface area contributed by atoms with Crippen molar-refractivity contribution in [2.24, 2.45) is 0 Å². The molecular weight excluding hydrogens is 280 g/mol. The number of unbranched alkanes of at least 4 members (excludes halogenated alkanes) is 5. The van der Waals surface area contributed by atoms with Crippen LogP contribution in [0.25, 0.3) is 0 Å². The Kier molecular flexibility index (Phi) is 9.15. The third-order valence-electron chi connectivity index (χ3n) is 5.64. The molecular formula is C21H44N2. The number of hydrogen-bond donors (Lipinski definition) is 1. The Morgan fingerprint density at radius 3 is 1.91 bits per heavy atom. The van der Waals surface area contributed by atoms with Crippen LogP contribution >= 0.6 is 0 Å². The lowest BCUT2D eigenvalue weighted by molar-refractivity contribution is -0.0821. The Morgan fingerprint density at radius 2 is 1.35 bits per heavy atom. The second-order valence-corrected chi connectivity index (χ2v) is 8.98. The summed E-state index contributed by atoms with van der Waals surface area (Å²) in [5.74, 6) is 0. The van der Waals surface area contributed by atoms with Crippen LogP contribution in [0.1, 0.15) is 119 Å². The summed E-state index contributed by atoms with van der Waals surface area (Å²) in [6.45, 7) is 14.3. The number of nitrogens with one attached hydrogen (secondary N) is 1. The molecule has 1 aliphatic rings. The minimum atomic E-state index is 0.273. The highest BCUT2D eigenvalue weighted by Gasteiger charge is 2.41. The molecule has 0 spiro atoms. The molecule has 0 saturated carbocycles. The summed E-state index contributed by atoms with van der Waals surface area (Å²) in [6, 6.07) is 0.655. The fourth-order valence-corrected chi connectivity index (χ4v) is 4.32. The van der Waals surface area contributed by atoms with Crippen molar-refractivity contribution in [2.75, 3.05) is 0 Å². The standard InChI is InChI=1S/C21H44N2/c1-7-9-10-11-12-13-16-19(15-8-2)22-23-20(3,4)17-14-18-21(23,5)6/h19,22H,7-18H2,1-6H3. The van der Waals surface area contributed by atoms with Crippen molar-refractivity contribution >= 4 is 0 Å². The highest BCUT2D eigenvalue weighted by atomic mass is 15.6. The first-order chi connectivity index (χ1) is 10.8. The second-order valence-electron chi connectivity index (χ2n) is 8.98. The van der Waals surface area contributed by atoms with Crippen molar-refractivity contribution in [2.45, 2.75) is 136 Å². The van der Waals surface area contributed by atoms with Gasteiger partial charge in [0, 0.05) is 17.1 Å². The van der Waals surface area contributed by atoms with Gasteiger partial charge in [0.25, 0.3) is 0 Å². The normalized spacial score (nSPS) is 22.2. The number of nitrogens with zero attached hydrogens (tertiary/aromatic N) is 1. The maximum Gasteiger partial charge on any atom is 0.0304 e. The Balaban J connectivity index is 2.49. The van der Waals surface area contributed by atoms with E-state index < -0.39 is 0 Å². The highest BCUT2D eigenvalue weighted by Crippen LogP contribution is 2.37. The van der Waals surface area contributed by atoms with Gasteiger partial charge in [-0.25, -0.2) is 5.01 Å². The van der Waals surface area contributed by atoms with Crippen LogP contribution in [0.4, 0.5) is 0 Å². The molecule has 0 aromatic carbocycles. The third kappa shape index (κ3) is 7.13. The van der Waals surface area contributed by atoms with Crippen molar-refractivity contribution in [1.29, 1.82) is 0 Å². The summed E-state index contributed by atoms with van der Waals surface area (Å²) < 4.78 is 0. The lowest BCUT2D eigenvalue weighted by Gasteiger charge is -2.54. The molecule has 0 aromatic heterocycles. The summed E-state index contributed by atoms with van der Waals surface area (Å²) in [4.78, 5) is 0. The van der Waals surface area contributed by atoms with Crippen molar-refractivity contribution in [1.82, 2.24) is 10.4 Å². The summed E-state index contributed by atoms with van der Waals surface area (Å²) in [7, 11) is 0. The first-order valence-electron chi connectivity index (χ1n) is 10.4. The molecule has 2 heteroatoms. The zero-order chi connectivity index (χ0) is 17.3. The molecule has 0 aromatic rings. The van der Waals surface area contributed by atoms with Gasteiger partial charge in [0.15, 0.2) is 0 Å². The maximum atomic E-state index is 3.97. The fourth-order valence-electron chi connectivity index (χ4n) is 4.32. The monoisotopic (exact) mass is 324 g/mol. The van der Waals surface area contributed by atoms with Crippen LogP contribution in [0.2, 0.25) is 0 Å². The fraction of sp³-hybridized carbons (Fsp3) is 1.00. The zero-order valence-corrected chi connectivity index (χ0v) is 17.0. The van der Waals surface area contributed by atoms with Crippen molar-refractivity contribution in [3.63, 3.8) is 0 Å². The van der Waals surface area contributed by atoms with Crippen LogP contribution in [-0.4, -0.2) is 22.1 Å². The van der Waals surface area contributed by atoms with Crippen LogP contribution in [-0.2, 0) is 0 Å². The second kappa shape index (κ2) is 10.0. The summed E-state index contributed by atoms with van der Waals surface area (Å²) in [5, 5.41) is 2.61. The summed E-state index contributed by atoms with van der Waals surface area (Å²) in [6.07, 6.45) is 16.3. The van der Waals surface area contributed by atoms with Gasteiger partial charge in [-0.3, -0.25) is 5.43 Å². The van der Waals surface area contributed by atoms with Crippen molar-refractivity contribution < 1.29 is 0 Å². The average molecular weight is 325 g/mol. The zero-order valence-electron chi connectivity index (χ0n) is 17.0. The minimum Gasteiger partial charge on any atom is -0.251 e. The van der Waals surface area contributed by atoms with Crippen LogP contribution in [0, 0.1) is 0 Å². The predicted octanol–water partition coefficient (Wildman–Crippen LogP) is 6.45. The lowest BCUT2D eigenvalue weighted by Crippen LogP contribution is -2.66. The van der Waals surface area contributed by atoms with Gasteiger partial charge in [0.1, 0.15) is 0 Å². The smallest absolute Gasteiger partial charge is 0.0304 e. The van der Waals surface area contributed by atoms with Gasteiger partial charge in [-0.1, -0.05) is 58.8 Å². The SMILES string of the molecule is CCCCCCCCC(CCC)NN1C(C)(C)CCCC1(C)C. The van der Waals surface area contributed by atoms with E-state index in [1.54, 1.807) is 0 Å². The predicted molar refractivity (Wildman–Crippen MR) is 104 cm³/mol. The average Bonchev–Trinajstić information content (AvgIpc) is 2.46. The first-order valence-corrected chi connectivity index (χ1v) is 10.4.